The summed E-state index contributed by atoms with van der Waals surface area (Å²) in [5.74, 6) is 0.791. The highest BCUT2D eigenvalue weighted by Crippen LogP contribution is 2.34. The van der Waals surface area contributed by atoms with Crippen LogP contribution in [0.25, 0.3) is 0 Å². The fraction of sp³-hybridized carbons (Fsp3) is 0.125. The minimum Gasteiger partial charge on any atom is -0.454 e. The Morgan fingerprint density at radius 1 is 1.21 bits per heavy atom. The lowest BCUT2D eigenvalue weighted by molar-refractivity contribution is -0.110. The molecular formula is C16H12Cl2N2O4. The Balaban J connectivity index is 1.50. The molecule has 124 valence electrons. The predicted octanol–water partition coefficient (Wildman–Crippen LogP) is 3.86. The van der Waals surface area contributed by atoms with Crippen LogP contribution in [0.4, 0.5) is 5.69 Å². The van der Waals surface area contributed by atoms with Crippen molar-refractivity contribution in [2.75, 3.05) is 12.1 Å². The molecule has 1 amide bonds. The Morgan fingerprint density at radius 3 is 2.88 bits per heavy atom. The summed E-state index contributed by atoms with van der Waals surface area (Å²) in [5, 5.41) is 7.27. The van der Waals surface area contributed by atoms with E-state index in [2.05, 4.69) is 10.5 Å². The first kappa shape index (κ1) is 16.4. The number of rotatable bonds is 5. The molecule has 1 aliphatic heterocycles. The van der Waals surface area contributed by atoms with Crippen LogP contribution in [0.15, 0.2) is 41.6 Å². The second-order valence-electron chi connectivity index (χ2n) is 4.80. The number of carbonyl (C=O) groups is 1. The molecule has 0 spiro atoms. The number of halogens is 2. The summed E-state index contributed by atoms with van der Waals surface area (Å²) in [4.78, 5) is 16.8. The van der Waals surface area contributed by atoms with E-state index in [0.717, 1.165) is 11.8 Å². The fourth-order valence-electron chi connectivity index (χ4n) is 1.98. The van der Waals surface area contributed by atoms with Crippen molar-refractivity contribution in [2.45, 2.75) is 6.61 Å². The molecule has 3 rings (SSSR count). The van der Waals surface area contributed by atoms with Gasteiger partial charge in [0.15, 0.2) is 11.5 Å². The highest BCUT2D eigenvalue weighted by atomic mass is 35.5. The number of nitrogens with zero attached hydrogens (tertiary/aromatic N) is 1. The molecule has 0 unspecified atom stereocenters. The van der Waals surface area contributed by atoms with Gasteiger partial charge in [-0.2, -0.15) is 0 Å². The van der Waals surface area contributed by atoms with Crippen molar-refractivity contribution in [3.05, 3.63) is 52.0 Å². The molecule has 2 aromatic rings. The van der Waals surface area contributed by atoms with Gasteiger partial charge in [-0.25, -0.2) is 0 Å². The summed E-state index contributed by atoms with van der Waals surface area (Å²) in [6.45, 7) is 0.305. The number of hydrogen-bond donors (Lipinski definition) is 1. The van der Waals surface area contributed by atoms with Crippen LogP contribution >= 0.6 is 23.2 Å². The third kappa shape index (κ3) is 4.10. The molecular weight excluding hydrogens is 355 g/mol. The van der Waals surface area contributed by atoms with Gasteiger partial charge >= 0.3 is 0 Å². The normalized spacial score (nSPS) is 12.4. The van der Waals surface area contributed by atoms with Gasteiger partial charge in [-0.3, -0.25) is 4.79 Å². The number of carbonyl (C=O) groups excluding carboxylic acids is 1. The van der Waals surface area contributed by atoms with E-state index in [4.69, 9.17) is 37.5 Å². The molecule has 6 nitrogen and oxygen atoms in total. The topological polar surface area (TPSA) is 69.2 Å². The maximum Gasteiger partial charge on any atom is 0.270 e. The molecule has 1 aliphatic rings. The van der Waals surface area contributed by atoms with E-state index in [9.17, 15) is 4.79 Å². The second kappa shape index (κ2) is 7.42. The van der Waals surface area contributed by atoms with Gasteiger partial charge in [-0.1, -0.05) is 34.4 Å². The van der Waals surface area contributed by atoms with Gasteiger partial charge < -0.3 is 19.6 Å². The van der Waals surface area contributed by atoms with Gasteiger partial charge in [0.25, 0.3) is 5.91 Å². The zero-order valence-electron chi connectivity index (χ0n) is 12.3. The maximum absolute atomic E-state index is 11.8. The third-order valence-electron chi connectivity index (χ3n) is 3.12. The number of fused-ring (bicyclic) bond motifs is 1. The minimum absolute atomic E-state index is 0.129. The lowest BCUT2D eigenvalue weighted by atomic mass is 10.2. The van der Waals surface area contributed by atoms with Crippen molar-refractivity contribution in [1.82, 2.24) is 0 Å². The van der Waals surface area contributed by atoms with Gasteiger partial charge in [-0.05, 0) is 24.3 Å². The number of amides is 1. The average molecular weight is 367 g/mol. The predicted molar refractivity (Wildman–Crippen MR) is 90.9 cm³/mol. The van der Waals surface area contributed by atoms with Gasteiger partial charge in [0.2, 0.25) is 6.79 Å². The standard InChI is InChI=1S/C16H12Cl2N2O4/c17-11-2-1-10(13(18)5-11)8-24-19-7-16(21)20-12-3-4-14-15(6-12)23-9-22-14/h1-7H,8-9H2,(H,20,21)/b19-7+. The van der Waals surface area contributed by atoms with E-state index >= 15 is 0 Å². The summed E-state index contributed by atoms with van der Waals surface area (Å²) in [6, 6.07) is 10.1. The molecule has 0 atom stereocenters. The van der Waals surface area contributed by atoms with Gasteiger partial charge in [0.1, 0.15) is 12.8 Å². The molecule has 1 N–H and O–H groups in total. The van der Waals surface area contributed by atoms with Crippen molar-refractivity contribution in [1.29, 1.82) is 0 Å². The smallest absolute Gasteiger partial charge is 0.270 e. The average Bonchev–Trinajstić information content (AvgIpc) is 3.01. The molecule has 0 fully saturated rings. The van der Waals surface area contributed by atoms with E-state index in [-0.39, 0.29) is 13.4 Å². The summed E-state index contributed by atoms with van der Waals surface area (Å²) in [6.07, 6.45) is 1.04. The number of nitrogens with one attached hydrogen (secondary N) is 1. The molecule has 0 saturated heterocycles. The molecule has 0 bridgehead atoms. The molecule has 0 saturated carbocycles. The number of hydrogen-bond acceptors (Lipinski definition) is 5. The van der Waals surface area contributed by atoms with Gasteiger partial charge in [-0.15, -0.1) is 0 Å². The fourth-order valence-corrected chi connectivity index (χ4v) is 2.44. The van der Waals surface area contributed by atoms with Crippen molar-refractivity contribution >= 4 is 41.0 Å². The molecule has 0 aromatic heterocycles. The largest absolute Gasteiger partial charge is 0.454 e. The Labute approximate surface area is 147 Å². The van der Waals surface area contributed by atoms with Crippen LogP contribution < -0.4 is 14.8 Å². The van der Waals surface area contributed by atoms with Crippen molar-refractivity contribution in [3.8, 4) is 11.5 Å². The van der Waals surface area contributed by atoms with Crippen LogP contribution in [-0.4, -0.2) is 18.9 Å². The molecule has 0 radical (unpaired) electrons. The molecule has 0 aliphatic carbocycles. The number of oxime groups is 1. The highest BCUT2D eigenvalue weighted by molar-refractivity contribution is 6.35. The summed E-state index contributed by atoms with van der Waals surface area (Å²) in [7, 11) is 0. The lowest BCUT2D eigenvalue weighted by Gasteiger charge is -2.04. The van der Waals surface area contributed by atoms with E-state index in [0.29, 0.717) is 27.2 Å². The van der Waals surface area contributed by atoms with E-state index < -0.39 is 5.91 Å². The van der Waals surface area contributed by atoms with Crippen LogP contribution in [0.2, 0.25) is 10.0 Å². The van der Waals surface area contributed by atoms with Crippen molar-refractivity contribution in [3.63, 3.8) is 0 Å². The Bertz CT molecular complexity index is 796. The summed E-state index contributed by atoms with van der Waals surface area (Å²) >= 11 is 11.8. The van der Waals surface area contributed by atoms with Crippen LogP contribution in [0, 0.1) is 0 Å². The zero-order valence-corrected chi connectivity index (χ0v) is 13.8. The second-order valence-corrected chi connectivity index (χ2v) is 5.64. The van der Waals surface area contributed by atoms with Gasteiger partial charge in [0.05, 0.1) is 0 Å². The Kier molecular flexibility index (Phi) is 5.08. The maximum atomic E-state index is 11.8. The SMILES string of the molecule is O=C(/C=N/OCc1ccc(Cl)cc1Cl)Nc1ccc2c(c1)OCO2. The number of benzene rings is 2. The van der Waals surface area contributed by atoms with E-state index in [1.807, 2.05) is 0 Å². The Morgan fingerprint density at radius 2 is 2.04 bits per heavy atom. The molecule has 1 heterocycles. The van der Waals surface area contributed by atoms with Crippen LogP contribution in [0.1, 0.15) is 5.56 Å². The van der Waals surface area contributed by atoms with Crippen LogP contribution in [0.5, 0.6) is 11.5 Å². The lowest BCUT2D eigenvalue weighted by Crippen LogP contribution is -2.12. The summed E-state index contributed by atoms with van der Waals surface area (Å²) in [5.41, 5.74) is 1.28. The van der Waals surface area contributed by atoms with Gasteiger partial charge in [0, 0.05) is 27.4 Å². The molecule has 8 heteroatoms. The number of ether oxygens (including phenoxy) is 2. The summed E-state index contributed by atoms with van der Waals surface area (Å²) < 4.78 is 10.4. The van der Waals surface area contributed by atoms with Crippen LogP contribution in [-0.2, 0) is 16.2 Å². The highest BCUT2D eigenvalue weighted by Gasteiger charge is 2.13. The van der Waals surface area contributed by atoms with Crippen molar-refractivity contribution < 1.29 is 19.1 Å². The van der Waals surface area contributed by atoms with Crippen molar-refractivity contribution in [2.24, 2.45) is 5.16 Å². The minimum atomic E-state index is -0.434. The number of anilines is 1. The first-order chi connectivity index (χ1) is 11.6. The quantitative estimate of drug-likeness (QED) is 0.644. The van der Waals surface area contributed by atoms with E-state index in [1.165, 1.54) is 0 Å². The van der Waals surface area contributed by atoms with E-state index in [1.54, 1.807) is 36.4 Å². The molecule has 24 heavy (non-hydrogen) atoms. The monoisotopic (exact) mass is 366 g/mol. The third-order valence-corrected chi connectivity index (χ3v) is 3.71. The first-order valence-corrected chi connectivity index (χ1v) is 7.67. The zero-order chi connectivity index (χ0) is 16.9. The van der Waals surface area contributed by atoms with Crippen LogP contribution in [0.3, 0.4) is 0 Å². The first-order valence-electron chi connectivity index (χ1n) is 6.92. The molecule has 2 aromatic carbocycles. The Hall–Kier alpha value is -2.44.